The van der Waals surface area contributed by atoms with Crippen molar-refractivity contribution in [3.8, 4) is 0 Å². The average molecular weight is 236 g/mol. The van der Waals surface area contributed by atoms with Gasteiger partial charge in [-0.1, -0.05) is 25.3 Å². The number of aliphatic carboxylic acids is 1. The standard InChI is InChI=1S/C14H17FO2/c1-10-9-11(15)5-6-12(10)14(13(16)17)7-3-2-4-8-14/h5-6,9H,2-4,7-8H2,1H3,(H,16,17). The van der Waals surface area contributed by atoms with Gasteiger partial charge in [0.1, 0.15) is 5.82 Å². The van der Waals surface area contributed by atoms with Crippen molar-refractivity contribution in [1.82, 2.24) is 0 Å². The van der Waals surface area contributed by atoms with E-state index in [4.69, 9.17) is 0 Å². The quantitative estimate of drug-likeness (QED) is 0.854. The molecule has 1 fully saturated rings. The van der Waals surface area contributed by atoms with Gasteiger partial charge in [-0.15, -0.1) is 0 Å². The zero-order valence-electron chi connectivity index (χ0n) is 10.0. The Morgan fingerprint density at radius 3 is 2.47 bits per heavy atom. The van der Waals surface area contributed by atoms with Crippen molar-refractivity contribution >= 4 is 5.97 Å². The van der Waals surface area contributed by atoms with Crippen molar-refractivity contribution in [1.29, 1.82) is 0 Å². The highest BCUT2D eigenvalue weighted by molar-refractivity contribution is 5.82. The summed E-state index contributed by atoms with van der Waals surface area (Å²) in [6, 6.07) is 4.43. The first kappa shape index (κ1) is 12.1. The van der Waals surface area contributed by atoms with Gasteiger partial charge in [-0.25, -0.2) is 4.39 Å². The fourth-order valence-electron chi connectivity index (χ4n) is 2.92. The molecule has 1 aliphatic carbocycles. The van der Waals surface area contributed by atoms with Crippen LogP contribution < -0.4 is 0 Å². The molecular formula is C14H17FO2. The summed E-state index contributed by atoms with van der Waals surface area (Å²) in [5.74, 6) is -1.07. The van der Waals surface area contributed by atoms with Crippen LogP contribution >= 0.6 is 0 Å². The molecule has 0 heterocycles. The molecule has 0 spiro atoms. The fourth-order valence-corrected chi connectivity index (χ4v) is 2.92. The van der Waals surface area contributed by atoms with Crippen LogP contribution in [0.3, 0.4) is 0 Å². The lowest BCUT2D eigenvalue weighted by Crippen LogP contribution is -2.38. The van der Waals surface area contributed by atoms with Crippen LogP contribution in [0.15, 0.2) is 18.2 Å². The number of carboxylic acids is 1. The van der Waals surface area contributed by atoms with Crippen LogP contribution in [0, 0.1) is 12.7 Å². The minimum Gasteiger partial charge on any atom is -0.481 e. The number of benzene rings is 1. The first-order chi connectivity index (χ1) is 8.06. The van der Waals surface area contributed by atoms with Gasteiger partial charge in [0.05, 0.1) is 5.41 Å². The first-order valence-corrected chi connectivity index (χ1v) is 6.06. The Labute approximate surface area is 100 Å². The van der Waals surface area contributed by atoms with Crippen LogP contribution in [0.4, 0.5) is 4.39 Å². The Balaban J connectivity index is 2.49. The Morgan fingerprint density at radius 1 is 1.29 bits per heavy atom. The number of carboxylic acid groups (broad SMARTS) is 1. The van der Waals surface area contributed by atoms with Gasteiger partial charge in [0.25, 0.3) is 0 Å². The van der Waals surface area contributed by atoms with E-state index in [2.05, 4.69) is 0 Å². The maximum atomic E-state index is 13.1. The lowest BCUT2D eigenvalue weighted by molar-refractivity contribution is -0.145. The molecule has 1 saturated carbocycles. The zero-order valence-corrected chi connectivity index (χ0v) is 10.0. The van der Waals surface area contributed by atoms with E-state index in [1.807, 2.05) is 0 Å². The number of rotatable bonds is 2. The second-order valence-corrected chi connectivity index (χ2v) is 4.91. The summed E-state index contributed by atoms with van der Waals surface area (Å²) in [7, 11) is 0. The molecule has 3 heteroatoms. The molecule has 0 radical (unpaired) electrons. The minimum atomic E-state index is -0.796. The number of carbonyl (C=O) groups is 1. The van der Waals surface area contributed by atoms with Gasteiger partial charge in [-0.2, -0.15) is 0 Å². The Kier molecular flexibility index (Phi) is 3.18. The largest absolute Gasteiger partial charge is 0.481 e. The normalized spacial score (nSPS) is 18.9. The molecule has 0 aromatic heterocycles. The van der Waals surface area contributed by atoms with Crippen molar-refractivity contribution < 1.29 is 14.3 Å². The van der Waals surface area contributed by atoms with Crippen LogP contribution in [0.1, 0.15) is 43.2 Å². The molecule has 0 amide bonds. The first-order valence-electron chi connectivity index (χ1n) is 6.06. The van der Waals surface area contributed by atoms with Gasteiger partial charge >= 0.3 is 5.97 Å². The van der Waals surface area contributed by atoms with Crippen LogP contribution in [-0.2, 0) is 10.2 Å². The highest BCUT2D eigenvalue weighted by Crippen LogP contribution is 2.41. The van der Waals surface area contributed by atoms with Crippen molar-refractivity contribution in [2.24, 2.45) is 0 Å². The summed E-state index contributed by atoms with van der Waals surface area (Å²) < 4.78 is 13.1. The zero-order chi connectivity index (χ0) is 12.5. The number of aryl methyl sites for hydroxylation is 1. The van der Waals surface area contributed by atoms with Crippen LogP contribution in [-0.4, -0.2) is 11.1 Å². The Bertz CT molecular complexity index is 434. The summed E-state index contributed by atoms with van der Waals surface area (Å²) in [5, 5.41) is 9.54. The Hall–Kier alpha value is -1.38. The molecule has 0 bridgehead atoms. The van der Waals surface area contributed by atoms with E-state index < -0.39 is 11.4 Å². The molecule has 1 aromatic rings. The Morgan fingerprint density at radius 2 is 1.94 bits per heavy atom. The van der Waals surface area contributed by atoms with E-state index in [1.54, 1.807) is 13.0 Å². The molecule has 17 heavy (non-hydrogen) atoms. The number of hydrogen-bond donors (Lipinski definition) is 1. The molecule has 1 aromatic carbocycles. The van der Waals surface area contributed by atoms with Gasteiger partial charge in [0.15, 0.2) is 0 Å². The third kappa shape index (κ3) is 2.06. The van der Waals surface area contributed by atoms with Gasteiger partial charge < -0.3 is 5.11 Å². The van der Waals surface area contributed by atoms with Crippen LogP contribution in [0.5, 0.6) is 0 Å². The lowest BCUT2D eigenvalue weighted by atomic mass is 9.68. The highest BCUT2D eigenvalue weighted by Gasteiger charge is 2.42. The highest BCUT2D eigenvalue weighted by atomic mass is 19.1. The molecule has 0 saturated heterocycles. The predicted octanol–water partition coefficient (Wildman–Crippen LogP) is 3.42. The molecule has 2 rings (SSSR count). The molecule has 2 nitrogen and oxygen atoms in total. The second-order valence-electron chi connectivity index (χ2n) is 4.91. The summed E-state index contributed by atoms with van der Waals surface area (Å²) in [4.78, 5) is 11.6. The van der Waals surface area contributed by atoms with Gasteiger partial charge in [0, 0.05) is 0 Å². The van der Waals surface area contributed by atoms with Crippen molar-refractivity contribution in [3.63, 3.8) is 0 Å². The predicted molar refractivity (Wildman–Crippen MR) is 63.5 cm³/mol. The van der Waals surface area contributed by atoms with E-state index in [1.165, 1.54) is 12.1 Å². The van der Waals surface area contributed by atoms with E-state index in [9.17, 15) is 14.3 Å². The molecule has 1 aliphatic rings. The molecule has 0 unspecified atom stereocenters. The summed E-state index contributed by atoms with van der Waals surface area (Å²) >= 11 is 0. The van der Waals surface area contributed by atoms with Gasteiger partial charge in [0.2, 0.25) is 0 Å². The molecule has 0 atom stereocenters. The smallest absolute Gasteiger partial charge is 0.314 e. The third-order valence-corrected chi connectivity index (χ3v) is 3.82. The van der Waals surface area contributed by atoms with Crippen molar-refractivity contribution in [3.05, 3.63) is 35.1 Å². The molecule has 1 N–H and O–H groups in total. The molecular weight excluding hydrogens is 219 g/mol. The van der Waals surface area contributed by atoms with E-state index in [-0.39, 0.29) is 5.82 Å². The van der Waals surface area contributed by atoms with Crippen molar-refractivity contribution in [2.45, 2.75) is 44.4 Å². The van der Waals surface area contributed by atoms with E-state index in [0.29, 0.717) is 12.8 Å². The SMILES string of the molecule is Cc1cc(F)ccc1C1(C(=O)O)CCCCC1. The maximum Gasteiger partial charge on any atom is 0.314 e. The number of halogens is 1. The van der Waals surface area contributed by atoms with Gasteiger partial charge in [-0.3, -0.25) is 4.79 Å². The summed E-state index contributed by atoms with van der Waals surface area (Å²) in [6.07, 6.45) is 4.28. The lowest BCUT2D eigenvalue weighted by Gasteiger charge is -2.34. The maximum absolute atomic E-state index is 13.1. The fraction of sp³-hybridized carbons (Fsp3) is 0.500. The average Bonchev–Trinajstić information content (AvgIpc) is 2.29. The van der Waals surface area contributed by atoms with Crippen molar-refractivity contribution in [2.75, 3.05) is 0 Å². The van der Waals surface area contributed by atoms with Crippen LogP contribution in [0.2, 0.25) is 0 Å². The monoisotopic (exact) mass is 236 g/mol. The molecule has 0 aliphatic heterocycles. The summed E-state index contributed by atoms with van der Waals surface area (Å²) in [6.45, 7) is 1.79. The number of hydrogen-bond acceptors (Lipinski definition) is 1. The topological polar surface area (TPSA) is 37.3 Å². The van der Waals surface area contributed by atoms with Crippen LogP contribution in [0.25, 0.3) is 0 Å². The molecule has 92 valence electrons. The minimum absolute atomic E-state index is 0.303. The second kappa shape index (κ2) is 4.47. The summed E-state index contributed by atoms with van der Waals surface area (Å²) in [5.41, 5.74) is 0.733. The van der Waals surface area contributed by atoms with E-state index >= 15 is 0 Å². The van der Waals surface area contributed by atoms with E-state index in [0.717, 1.165) is 30.4 Å². The van der Waals surface area contributed by atoms with Gasteiger partial charge in [-0.05, 0) is 43.0 Å². The third-order valence-electron chi connectivity index (χ3n) is 3.82.